The maximum Gasteiger partial charge on any atom is 0.231 e. The zero-order valence-electron chi connectivity index (χ0n) is 17.2. The highest BCUT2D eigenvalue weighted by Crippen LogP contribution is 2.32. The van der Waals surface area contributed by atoms with Crippen molar-refractivity contribution in [3.8, 4) is 0 Å². The fourth-order valence-corrected chi connectivity index (χ4v) is 4.25. The number of nitrogens with zero attached hydrogens (tertiary/aromatic N) is 5. The van der Waals surface area contributed by atoms with Crippen LogP contribution in [0.25, 0.3) is 6.08 Å². The second kappa shape index (κ2) is 8.67. The Labute approximate surface area is 178 Å². The Bertz CT molecular complexity index is 1010. The molecule has 0 atom stereocenters. The first-order chi connectivity index (χ1) is 14.9. The van der Waals surface area contributed by atoms with E-state index in [0.717, 1.165) is 57.5 Å². The Morgan fingerprint density at radius 1 is 0.833 bits per heavy atom. The van der Waals surface area contributed by atoms with E-state index >= 15 is 0 Å². The molecule has 1 fully saturated rings. The van der Waals surface area contributed by atoms with Gasteiger partial charge < -0.3 is 9.80 Å². The molecular weight excluding hydrogens is 370 g/mol. The van der Waals surface area contributed by atoms with Gasteiger partial charge in [-0.05, 0) is 29.7 Å². The summed E-state index contributed by atoms with van der Waals surface area (Å²) >= 11 is 0. The Balaban J connectivity index is 1.20. The van der Waals surface area contributed by atoms with Gasteiger partial charge in [0.15, 0.2) is 0 Å². The number of fused-ring (bicyclic) bond motifs is 1. The molecule has 0 unspecified atom stereocenters. The third-order valence-electron chi connectivity index (χ3n) is 5.93. The van der Waals surface area contributed by atoms with Crippen molar-refractivity contribution < 1.29 is 0 Å². The molecule has 0 spiro atoms. The highest BCUT2D eigenvalue weighted by atomic mass is 15.3. The maximum atomic E-state index is 4.91. The minimum absolute atomic E-state index is 0.811. The zero-order valence-corrected chi connectivity index (χ0v) is 17.2. The molecule has 2 aromatic carbocycles. The van der Waals surface area contributed by atoms with Crippen molar-refractivity contribution in [1.29, 1.82) is 0 Å². The second-order valence-electron chi connectivity index (χ2n) is 7.85. The van der Waals surface area contributed by atoms with Gasteiger partial charge in [-0.15, -0.1) is 0 Å². The lowest BCUT2D eigenvalue weighted by Gasteiger charge is -2.35. The first kappa shape index (κ1) is 18.8. The van der Waals surface area contributed by atoms with Crippen LogP contribution in [0, 0.1) is 0 Å². The monoisotopic (exact) mass is 397 g/mol. The number of aromatic nitrogens is 2. The van der Waals surface area contributed by atoms with Crippen LogP contribution in [0.4, 0.5) is 17.5 Å². The predicted octanol–water partition coefficient (Wildman–Crippen LogP) is 4.01. The Kier molecular flexibility index (Phi) is 5.44. The Morgan fingerprint density at radius 2 is 1.63 bits per heavy atom. The third-order valence-corrected chi connectivity index (χ3v) is 5.93. The number of anilines is 3. The summed E-state index contributed by atoms with van der Waals surface area (Å²) in [5.74, 6) is 1.84. The molecule has 1 aromatic heterocycles. The summed E-state index contributed by atoms with van der Waals surface area (Å²) in [6.45, 7) is 6.01. The van der Waals surface area contributed by atoms with Gasteiger partial charge in [-0.2, -0.15) is 4.98 Å². The van der Waals surface area contributed by atoms with Crippen molar-refractivity contribution in [2.24, 2.45) is 0 Å². The summed E-state index contributed by atoms with van der Waals surface area (Å²) in [5, 5.41) is 0. The number of benzene rings is 2. The van der Waals surface area contributed by atoms with Gasteiger partial charge in [0.2, 0.25) is 5.95 Å². The first-order valence-electron chi connectivity index (χ1n) is 10.7. The lowest BCUT2D eigenvalue weighted by atomic mass is 10.2. The third kappa shape index (κ3) is 4.07. The fraction of sp³-hybridized carbons (Fsp3) is 0.280. The molecule has 1 saturated heterocycles. The maximum absolute atomic E-state index is 4.91. The van der Waals surface area contributed by atoms with Crippen molar-refractivity contribution in [2.45, 2.75) is 6.42 Å². The van der Waals surface area contributed by atoms with Crippen molar-refractivity contribution in [2.75, 3.05) is 49.1 Å². The lowest BCUT2D eigenvalue weighted by molar-refractivity contribution is 0.283. The molecular formula is C25H27N5. The smallest absolute Gasteiger partial charge is 0.231 e. The minimum atomic E-state index is 0.811. The quantitative estimate of drug-likeness (QED) is 0.650. The second-order valence-corrected chi connectivity index (χ2v) is 7.85. The highest BCUT2D eigenvalue weighted by molar-refractivity contribution is 5.66. The van der Waals surface area contributed by atoms with E-state index in [1.165, 1.54) is 16.8 Å². The summed E-state index contributed by atoms with van der Waals surface area (Å²) in [7, 11) is 0. The molecule has 152 valence electrons. The van der Waals surface area contributed by atoms with Gasteiger partial charge in [0.1, 0.15) is 5.82 Å². The average Bonchev–Trinajstić information content (AvgIpc) is 3.25. The molecule has 0 amide bonds. The zero-order chi connectivity index (χ0) is 20.2. The van der Waals surface area contributed by atoms with Crippen LogP contribution in [-0.4, -0.2) is 54.1 Å². The predicted molar refractivity (Wildman–Crippen MR) is 123 cm³/mol. The molecule has 0 radical (unpaired) electrons. The average molecular weight is 398 g/mol. The molecule has 2 aliphatic rings. The largest absolute Gasteiger partial charge is 0.354 e. The molecule has 3 aromatic rings. The molecule has 30 heavy (non-hydrogen) atoms. The van der Waals surface area contributed by atoms with Gasteiger partial charge in [0.05, 0.1) is 0 Å². The molecule has 3 heterocycles. The van der Waals surface area contributed by atoms with E-state index < -0.39 is 0 Å². The summed E-state index contributed by atoms with van der Waals surface area (Å²) in [6, 6.07) is 21.1. The standard InChI is InChI=1S/C25H27N5/c1-2-7-21(8-3-1)9-6-15-28-17-19-29(20-18-28)24-12-14-26-25(27-24)30-16-13-22-10-4-5-11-23(22)30/h1-12,14H,13,15-20H2/b9-6+. The Morgan fingerprint density at radius 3 is 2.50 bits per heavy atom. The van der Waals surface area contributed by atoms with Crippen LogP contribution >= 0.6 is 0 Å². The van der Waals surface area contributed by atoms with Crippen molar-refractivity contribution >= 4 is 23.5 Å². The number of piperazine rings is 1. The summed E-state index contributed by atoms with van der Waals surface area (Å²) in [6.07, 6.45) is 7.42. The molecule has 2 aliphatic heterocycles. The van der Waals surface area contributed by atoms with E-state index in [0.29, 0.717) is 0 Å². The topological polar surface area (TPSA) is 35.5 Å². The van der Waals surface area contributed by atoms with Crippen LogP contribution < -0.4 is 9.80 Å². The number of hydrogen-bond donors (Lipinski definition) is 0. The molecule has 5 heteroatoms. The summed E-state index contributed by atoms with van der Waals surface area (Å²) < 4.78 is 0. The molecule has 0 bridgehead atoms. The number of rotatable bonds is 5. The van der Waals surface area contributed by atoms with Crippen LogP contribution in [0.3, 0.4) is 0 Å². The fourth-order valence-electron chi connectivity index (χ4n) is 4.25. The van der Waals surface area contributed by atoms with Gasteiger partial charge in [-0.25, -0.2) is 4.98 Å². The SMILES string of the molecule is C(=C\c1ccccc1)/CN1CCN(c2ccnc(N3CCc4ccccc43)n2)CC1. The van der Waals surface area contributed by atoms with Crippen LogP contribution in [-0.2, 0) is 6.42 Å². The summed E-state index contributed by atoms with van der Waals surface area (Å²) in [5.41, 5.74) is 3.88. The van der Waals surface area contributed by atoms with Gasteiger partial charge in [-0.1, -0.05) is 60.7 Å². The van der Waals surface area contributed by atoms with E-state index in [-0.39, 0.29) is 0 Å². The van der Waals surface area contributed by atoms with Gasteiger partial charge in [0.25, 0.3) is 0 Å². The number of para-hydroxylation sites is 1. The van der Waals surface area contributed by atoms with Crippen molar-refractivity contribution in [3.63, 3.8) is 0 Å². The van der Waals surface area contributed by atoms with Gasteiger partial charge in [0, 0.05) is 51.2 Å². The van der Waals surface area contributed by atoms with E-state index in [4.69, 9.17) is 4.98 Å². The molecule has 5 rings (SSSR count). The van der Waals surface area contributed by atoms with Crippen LogP contribution in [0.5, 0.6) is 0 Å². The molecule has 0 N–H and O–H groups in total. The highest BCUT2D eigenvalue weighted by Gasteiger charge is 2.23. The van der Waals surface area contributed by atoms with Crippen LogP contribution in [0.1, 0.15) is 11.1 Å². The normalized spacial score (nSPS) is 16.9. The van der Waals surface area contributed by atoms with Gasteiger partial charge >= 0.3 is 0 Å². The lowest BCUT2D eigenvalue weighted by Crippen LogP contribution is -2.46. The van der Waals surface area contributed by atoms with Crippen LogP contribution in [0.15, 0.2) is 72.9 Å². The van der Waals surface area contributed by atoms with Crippen molar-refractivity contribution in [3.05, 3.63) is 84.1 Å². The summed E-state index contributed by atoms with van der Waals surface area (Å²) in [4.78, 5) is 16.6. The van der Waals surface area contributed by atoms with E-state index in [1.54, 1.807) is 0 Å². The number of hydrogen-bond acceptors (Lipinski definition) is 5. The van der Waals surface area contributed by atoms with Gasteiger partial charge in [-0.3, -0.25) is 4.90 Å². The minimum Gasteiger partial charge on any atom is -0.354 e. The first-order valence-corrected chi connectivity index (χ1v) is 10.7. The Hall–Kier alpha value is -3.18. The van der Waals surface area contributed by atoms with Crippen LogP contribution in [0.2, 0.25) is 0 Å². The van der Waals surface area contributed by atoms with E-state index in [1.807, 2.05) is 12.3 Å². The molecule has 5 nitrogen and oxygen atoms in total. The molecule has 0 saturated carbocycles. The molecule has 0 aliphatic carbocycles. The van der Waals surface area contributed by atoms with E-state index in [2.05, 4.69) is 86.4 Å². The van der Waals surface area contributed by atoms with E-state index in [9.17, 15) is 0 Å². The van der Waals surface area contributed by atoms with Crippen molar-refractivity contribution in [1.82, 2.24) is 14.9 Å².